The second kappa shape index (κ2) is 9.29. The smallest absolute Gasteiger partial charge is 0.419 e. The number of hydrogen-bond acceptors (Lipinski definition) is 4. The lowest BCUT2D eigenvalue weighted by atomic mass is 10.0. The number of ether oxygens (including phenoxy) is 1. The van der Waals surface area contributed by atoms with Crippen LogP contribution in [0.15, 0.2) is 59.7 Å². The van der Waals surface area contributed by atoms with E-state index >= 15 is 0 Å². The van der Waals surface area contributed by atoms with Gasteiger partial charge in [0, 0.05) is 31.6 Å². The van der Waals surface area contributed by atoms with E-state index in [1.165, 1.54) is 39.7 Å². The van der Waals surface area contributed by atoms with Gasteiger partial charge in [-0.3, -0.25) is 14.3 Å². The minimum Gasteiger partial charge on any atom is -0.456 e. The lowest BCUT2D eigenvalue weighted by Gasteiger charge is -2.21. The molecular formula is C22H23F3N4O3. The van der Waals surface area contributed by atoms with Crippen LogP contribution in [-0.4, -0.2) is 20.3 Å². The zero-order valence-corrected chi connectivity index (χ0v) is 17.8. The molecule has 170 valence electrons. The van der Waals surface area contributed by atoms with Crippen LogP contribution in [0, 0.1) is 5.92 Å². The SMILES string of the molecule is CC(C)CC(C(=O)Nc1ccn(C)n1)n1ccc(Oc2ccccc2C(F)(F)F)cc1=O. The summed E-state index contributed by atoms with van der Waals surface area (Å²) in [6, 6.07) is 7.96. The van der Waals surface area contributed by atoms with Gasteiger partial charge in [0.05, 0.1) is 5.56 Å². The van der Waals surface area contributed by atoms with Crippen molar-refractivity contribution >= 4 is 11.7 Å². The molecular weight excluding hydrogens is 425 g/mol. The van der Waals surface area contributed by atoms with Crippen molar-refractivity contribution in [2.75, 3.05) is 5.32 Å². The summed E-state index contributed by atoms with van der Waals surface area (Å²) >= 11 is 0. The molecule has 1 N–H and O–H groups in total. The van der Waals surface area contributed by atoms with Crippen LogP contribution in [0.1, 0.15) is 31.9 Å². The first-order valence-corrected chi connectivity index (χ1v) is 9.91. The third-order valence-corrected chi connectivity index (χ3v) is 4.64. The minimum absolute atomic E-state index is 0.0589. The van der Waals surface area contributed by atoms with Crippen LogP contribution in [0.4, 0.5) is 19.0 Å². The molecule has 1 unspecified atom stereocenters. The topological polar surface area (TPSA) is 78.2 Å². The molecule has 32 heavy (non-hydrogen) atoms. The molecule has 1 atom stereocenters. The van der Waals surface area contributed by atoms with Crippen LogP contribution in [0.25, 0.3) is 0 Å². The monoisotopic (exact) mass is 448 g/mol. The van der Waals surface area contributed by atoms with Crippen LogP contribution >= 0.6 is 0 Å². The van der Waals surface area contributed by atoms with Crippen molar-refractivity contribution in [1.29, 1.82) is 0 Å². The second-order valence-electron chi connectivity index (χ2n) is 7.71. The first kappa shape index (κ1) is 23.1. The molecule has 0 radical (unpaired) electrons. The number of anilines is 1. The predicted octanol–water partition coefficient (Wildman–Crippen LogP) is 4.62. The Labute approximate surface area is 182 Å². The van der Waals surface area contributed by atoms with Gasteiger partial charge in [-0.2, -0.15) is 18.3 Å². The zero-order chi connectivity index (χ0) is 23.5. The molecule has 0 aliphatic heterocycles. The van der Waals surface area contributed by atoms with Crippen LogP contribution in [0.5, 0.6) is 11.5 Å². The number of hydrogen-bond donors (Lipinski definition) is 1. The number of nitrogens with zero attached hydrogens (tertiary/aromatic N) is 3. The summed E-state index contributed by atoms with van der Waals surface area (Å²) in [5.74, 6) is -0.449. The molecule has 3 aromatic rings. The lowest BCUT2D eigenvalue weighted by Crippen LogP contribution is -2.33. The fourth-order valence-corrected chi connectivity index (χ4v) is 3.19. The number of alkyl halides is 3. The van der Waals surface area contributed by atoms with Gasteiger partial charge >= 0.3 is 6.18 Å². The fourth-order valence-electron chi connectivity index (χ4n) is 3.19. The predicted molar refractivity (Wildman–Crippen MR) is 113 cm³/mol. The van der Waals surface area contributed by atoms with Gasteiger partial charge < -0.3 is 14.6 Å². The van der Waals surface area contributed by atoms with Crippen LogP contribution in [0.3, 0.4) is 0 Å². The molecule has 1 aromatic carbocycles. The van der Waals surface area contributed by atoms with E-state index in [9.17, 15) is 22.8 Å². The van der Waals surface area contributed by atoms with Gasteiger partial charge in [0.1, 0.15) is 17.5 Å². The Morgan fingerprint density at radius 2 is 1.88 bits per heavy atom. The standard InChI is InChI=1S/C22H23F3N4O3/c1-14(2)12-17(21(31)26-19-9-10-28(3)27-19)29-11-8-15(13-20(29)30)32-18-7-5-4-6-16(18)22(23,24)25/h4-11,13-14,17H,12H2,1-3H3,(H,26,27,31). The van der Waals surface area contributed by atoms with Crippen molar-refractivity contribution in [3.8, 4) is 11.5 Å². The number of rotatable bonds is 7. The maximum Gasteiger partial charge on any atom is 0.419 e. The number of carbonyl (C=O) groups is 1. The molecule has 0 saturated carbocycles. The van der Waals surface area contributed by atoms with E-state index in [0.717, 1.165) is 12.1 Å². The summed E-state index contributed by atoms with van der Waals surface area (Å²) in [4.78, 5) is 25.6. The summed E-state index contributed by atoms with van der Waals surface area (Å²) in [7, 11) is 1.71. The molecule has 7 nitrogen and oxygen atoms in total. The number of amides is 1. The highest BCUT2D eigenvalue weighted by Crippen LogP contribution is 2.37. The summed E-state index contributed by atoms with van der Waals surface area (Å²) in [5.41, 5.74) is -1.52. The maximum absolute atomic E-state index is 13.2. The molecule has 0 bridgehead atoms. The maximum atomic E-state index is 13.2. The van der Waals surface area contributed by atoms with E-state index in [4.69, 9.17) is 4.74 Å². The quantitative estimate of drug-likeness (QED) is 0.572. The number of pyridine rings is 1. The van der Waals surface area contributed by atoms with E-state index in [-0.39, 0.29) is 11.7 Å². The Bertz CT molecular complexity index is 1150. The molecule has 0 aliphatic carbocycles. The minimum atomic E-state index is -4.60. The van der Waals surface area contributed by atoms with Crippen LogP contribution < -0.4 is 15.6 Å². The summed E-state index contributed by atoms with van der Waals surface area (Å²) in [5, 5.41) is 6.79. The molecule has 1 amide bonds. The van der Waals surface area contributed by atoms with Gasteiger partial charge in [-0.1, -0.05) is 26.0 Å². The first-order chi connectivity index (χ1) is 15.0. The fraction of sp³-hybridized carbons (Fsp3) is 0.318. The van der Waals surface area contributed by atoms with E-state index in [1.807, 2.05) is 13.8 Å². The number of halogens is 3. The molecule has 10 heteroatoms. The highest BCUT2D eigenvalue weighted by Gasteiger charge is 2.34. The van der Waals surface area contributed by atoms with Crippen molar-refractivity contribution in [1.82, 2.24) is 14.3 Å². The van der Waals surface area contributed by atoms with Crippen molar-refractivity contribution in [2.24, 2.45) is 13.0 Å². The van der Waals surface area contributed by atoms with Gasteiger partial charge in [-0.05, 0) is 30.5 Å². The Hall–Kier alpha value is -3.56. The van der Waals surface area contributed by atoms with Crippen molar-refractivity contribution in [3.05, 3.63) is 70.8 Å². The van der Waals surface area contributed by atoms with E-state index in [0.29, 0.717) is 12.2 Å². The molecule has 3 rings (SSSR count). The highest BCUT2D eigenvalue weighted by molar-refractivity contribution is 5.92. The van der Waals surface area contributed by atoms with Gasteiger partial charge in [0.25, 0.3) is 5.56 Å². The van der Waals surface area contributed by atoms with E-state index in [1.54, 1.807) is 19.3 Å². The third-order valence-electron chi connectivity index (χ3n) is 4.64. The average molecular weight is 448 g/mol. The van der Waals surface area contributed by atoms with Gasteiger partial charge in [0.2, 0.25) is 5.91 Å². The van der Waals surface area contributed by atoms with Gasteiger partial charge in [-0.25, -0.2) is 0 Å². The summed E-state index contributed by atoms with van der Waals surface area (Å²) in [6.07, 6.45) is -1.21. The van der Waals surface area contributed by atoms with E-state index < -0.39 is 35.0 Å². The number of carbonyl (C=O) groups excluding carboxylic acids is 1. The largest absolute Gasteiger partial charge is 0.456 e. The Kier molecular flexibility index (Phi) is 6.71. The van der Waals surface area contributed by atoms with Crippen LogP contribution in [0.2, 0.25) is 0 Å². The number of para-hydroxylation sites is 1. The number of benzene rings is 1. The van der Waals surface area contributed by atoms with Crippen molar-refractivity contribution < 1.29 is 22.7 Å². The van der Waals surface area contributed by atoms with Crippen molar-refractivity contribution in [2.45, 2.75) is 32.5 Å². The summed E-state index contributed by atoms with van der Waals surface area (Å²) < 4.78 is 47.7. The third kappa shape index (κ3) is 5.57. The molecule has 0 spiro atoms. The molecule has 0 aliphatic rings. The summed E-state index contributed by atoms with van der Waals surface area (Å²) in [6.45, 7) is 3.83. The Morgan fingerprint density at radius 1 is 1.16 bits per heavy atom. The molecule has 2 aromatic heterocycles. The van der Waals surface area contributed by atoms with Gasteiger partial charge in [0.15, 0.2) is 5.82 Å². The highest BCUT2D eigenvalue weighted by atomic mass is 19.4. The Balaban J connectivity index is 1.87. The molecule has 0 saturated heterocycles. The Morgan fingerprint density at radius 3 is 2.47 bits per heavy atom. The van der Waals surface area contributed by atoms with Gasteiger partial charge in [-0.15, -0.1) is 0 Å². The van der Waals surface area contributed by atoms with Crippen LogP contribution in [-0.2, 0) is 18.0 Å². The number of aryl methyl sites for hydroxylation is 1. The second-order valence-corrected chi connectivity index (χ2v) is 7.71. The molecule has 2 heterocycles. The number of aromatic nitrogens is 3. The molecule has 0 fully saturated rings. The normalized spacial score (nSPS) is 12.6. The average Bonchev–Trinajstić information content (AvgIpc) is 3.10. The lowest BCUT2D eigenvalue weighted by molar-refractivity contribution is -0.138. The van der Waals surface area contributed by atoms with E-state index in [2.05, 4.69) is 10.4 Å². The first-order valence-electron chi connectivity index (χ1n) is 9.91. The van der Waals surface area contributed by atoms with Crippen molar-refractivity contribution in [3.63, 3.8) is 0 Å². The zero-order valence-electron chi connectivity index (χ0n) is 17.8. The number of nitrogens with one attached hydrogen (secondary N) is 1.